The lowest BCUT2D eigenvalue weighted by Gasteiger charge is -2.07. The van der Waals surface area contributed by atoms with Crippen molar-refractivity contribution < 1.29 is 0 Å². The van der Waals surface area contributed by atoms with Crippen LogP contribution in [0.4, 0.5) is 0 Å². The first-order valence-electron chi connectivity index (χ1n) is 5.40. The zero-order valence-electron chi connectivity index (χ0n) is 8.98. The first-order valence-corrected chi connectivity index (χ1v) is 5.40. The molecule has 0 saturated carbocycles. The molecule has 0 radical (unpaired) electrons. The number of aromatic nitrogens is 1. The van der Waals surface area contributed by atoms with Gasteiger partial charge in [-0.2, -0.15) is 0 Å². The molecule has 0 N–H and O–H groups in total. The molecule has 0 saturated heterocycles. The molecule has 0 fully saturated rings. The van der Waals surface area contributed by atoms with Crippen LogP contribution in [0.5, 0.6) is 0 Å². The number of hydrogen-bond acceptors (Lipinski definition) is 1. The number of aryl methyl sites for hydroxylation is 1. The lowest BCUT2D eigenvalue weighted by atomic mass is 9.99. The summed E-state index contributed by atoms with van der Waals surface area (Å²) in [6, 6.07) is 12.6. The van der Waals surface area contributed by atoms with Gasteiger partial charge in [-0.3, -0.25) is 4.98 Å². The van der Waals surface area contributed by atoms with Crippen molar-refractivity contribution in [3.05, 3.63) is 54.4 Å². The third kappa shape index (κ3) is 2.24. The monoisotopic (exact) mass is 197 g/mol. The molecule has 0 atom stereocenters. The van der Waals surface area contributed by atoms with Crippen molar-refractivity contribution in [1.29, 1.82) is 0 Å². The molecule has 2 aromatic rings. The van der Waals surface area contributed by atoms with E-state index in [0.717, 1.165) is 12.8 Å². The Labute approximate surface area is 90.8 Å². The molecule has 2 rings (SSSR count). The highest BCUT2D eigenvalue weighted by Gasteiger charge is 2.02. The van der Waals surface area contributed by atoms with Gasteiger partial charge in [-0.1, -0.05) is 43.7 Å². The largest absolute Gasteiger partial charge is 0.264 e. The van der Waals surface area contributed by atoms with Crippen LogP contribution in [-0.4, -0.2) is 4.98 Å². The quantitative estimate of drug-likeness (QED) is 0.731. The number of pyridine rings is 1. The van der Waals surface area contributed by atoms with E-state index in [-0.39, 0.29) is 0 Å². The van der Waals surface area contributed by atoms with E-state index in [4.69, 9.17) is 0 Å². The standard InChI is InChI=1S/C14H15N/c1-2-6-13-11-15-10-9-14(13)12-7-4-3-5-8-12/h3-5,7-11H,2,6H2,1H3. The molecule has 0 spiro atoms. The normalized spacial score (nSPS) is 10.2. The van der Waals surface area contributed by atoms with E-state index in [1.807, 2.05) is 18.5 Å². The predicted molar refractivity (Wildman–Crippen MR) is 63.7 cm³/mol. The van der Waals surface area contributed by atoms with Gasteiger partial charge in [0, 0.05) is 12.4 Å². The second kappa shape index (κ2) is 4.74. The highest BCUT2D eigenvalue weighted by atomic mass is 14.6. The van der Waals surface area contributed by atoms with Crippen molar-refractivity contribution in [2.45, 2.75) is 19.8 Å². The molecule has 1 aromatic carbocycles. The molecular weight excluding hydrogens is 182 g/mol. The average molecular weight is 197 g/mol. The van der Waals surface area contributed by atoms with Crippen molar-refractivity contribution in [3.8, 4) is 11.1 Å². The minimum Gasteiger partial charge on any atom is -0.264 e. The molecule has 1 aromatic heterocycles. The maximum Gasteiger partial charge on any atom is 0.0306 e. The van der Waals surface area contributed by atoms with Crippen molar-refractivity contribution in [3.63, 3.8) is 0 Å². The van der Waals surface area contributed by atoms with E-state index in [1.165, 1.54) is 16.7 Å². The van der Waals surface area contributed by atoms with Gasteiger partial charge in [-0.15, -0.1) is 0 Å². The minimum absolute atomic E-state index is 1.10. The lowest BCUT2D eigenvalue weighted by Crippen LogP contribution is -1.90. The summed E-state index contributed by atoms with van der Waals surface area (Å²) >= 11 is 0. The van der Waals surface area contributed by atoms with Crippen LogP contribution in [0.3, 0.4) is 0 Å². The third-order valence-corrected chi connectivity index (χ3v) is 2.51. The van der Waals surface area contributed by atoms with Crippen LogP contribution in [0.15, 0.2) is 48.8 Å². The highest BCUT2D eigenvalue weighted by molar-refractivity contribution is 5.66. The summed E-state index contributed by atoms with van der Waals surface area (Å²) in [5.74, 6) is 0. The first kappa shape index (κ1) is 9.91. The van der Waals surface area contributed by atoms with Gasteiger partial charge in [0.2, 0.25) is 0 Å². The van der Waals surface area contributed by atoms with E-state index in [0.29, 0.717) is 0 Å². The SMILES string of the molecule is CCCc1cnccc1-c1ccccc1. The van der Waals surface area contributed by atoms with E-state index in [1.54, 1.807) is 0 Å². The van der Waals surface area contributed by atoms with Gasteiger partial charge < -0.3 is 0 Å². The van der Waals surface area contributed by atoms with Crippen LogP contribution in [0, 0.1) is 0 Å². The Bertz CT molecular complexity index is 420. The fraction of sp³-hybridized carbons (Fsp3) is 0.214. The van der Waals surface area contributed by atoms with Crippen molar-refractivity contribution in [2.24, 2.45) is 0 Å². The van der Waals surface area contributed by atoms with Gasteiger partial charge in [0.1, 0.15) is 0 Å². The van der Waals surface area contributed by atoms with Gasteiger partial charge in [0.05, 0.1) is 0 Å². The molecule has 0 amide bonds. The van der Waals surface area contributed by atoms with E-state index >= 15 is 0 Å². The first-order chi connectivity index (χ1) is 7.42. The molecule has 76 valence electrons. The molecular formula is C14H15N. The van der Waals surface area contributed by atoms with Crippen LogP contribution >= 0.6 is 0 Å². The number of hydrogen-bond donors (Lipinski definition) is 0. The molecule has 0 unspecified atom stereocenters. The van der Waals surface area contributed by atoms with Gasteiger partial charge >= 0.3 is 0 Å². The Morgan fingerprint density at radius 3 is 2.60 bits per heavy atom. The summed E-state index contributed by atoms with van der Waals surface area (Å²) in [5, 5.41) is 0. The molecule has 1 heterocycles. The maximum absolute atomic E-state index is 4.19. The van der Waals surface area contributed by atoms with Crippen LogP contribution in [0.25, 0.3) is 11.1 Å². The van der Waals surface area contributed by atoms with Gasteiger partial charge in [0.15, 0.2) is 0 Å². The third-order valence-electron chi connectivity index (χ3n) is 2.51. The van der Waals surface area contributed by atoms with Crippen LogP contribution in [0.1, 0.15) is 18.9 Å². The van der Waals surface area contributed by atoms with Crippen LogP contribution in [-0.2, 0) is 6.42 Å². The Morgan fingerprint density at radius 1 is 1.07 bits per heavy atom. The second-order valence-electron chi connectivity index (χ2n) is 3.65. The zero-order chi connectivity index (χ0) is 10.5. The summed E-state index contributed by atoms with van der Waals surface area (Å²) in [6.45, 7) is 2.20. The summed E-state index contributed by atoms with van der Waals surface area (Å²) in [7, 11) is 0. The molecule has 0 bridgehead atoms. The highest BCUT2D eigenvalue weighted by Crippen LogP contribution is 2.23. The van der Waals surface area contributed by atoms with E-state index < -0.39 is 0 Å². The average Bonchev–Trinajstić information content (AvgIpc) is 2.31. The molecule has 0 aliphatic carbocycles. The Hall–Kier alpha value is -1.63. The van der Waals surface area contributed by atoms with Gasteiger partial charge in [0.25, 0.3) is 0 Å². The number of benzene rings is 1. The van der Waals surface area contributed by atoms with Crippen LogP contribution < -0.4 is 0 Å². The summed E-state index contributed by atoms with van der Waals surface area (Å²) in [4.78, 5) is 4.19. The summed E-state index contributed by atoms with van der Waals surface area (Å²) < 4.78 is 0. The van der Waals surface area contributed by atoms with Crippen LogP contribution in [0.2, 0.25) is 0 Å². The predicted octanol–water partition coefficient (Wildman–Crippen LogP) is 3.70. The molecule has 1 nitrogen and oxygen atoms in total. The summed E-state index contributed by atoms with van der Waals surface area (Å²) in [6.07, 6.45) is 6.09. The smallest absolute Gasteiger partial charge is 0.0306 e. The van der Waals surface area contributed by atoms with Gasteiger partial charge in [-0.25, -0.2) is 0 Å². The lowest BCUT2D eigenvalue weighted by molar-refractivity contribution is 0.916. The van der Waals surface area contributed by atoms with Crippen molar-refractivity contribution in [1.82, 2.24) is 4.98 Å². The molecule has 15 heavy (non-hydrogen) atoms. The minimum atomic E-state index is 1.10. The van der Waals surface area contributed by atoms with Gasteiger partial charge in [-0.05, 0) is 29.2 Å². The van der Waals surface area contributed by atoms with E-state index in [9.17, 15) is 0 Å². The Balaban J connectivity index is 2.43. The zero-order valence-corrected chi connectivity index (χ0v) is 8.98. The fourth-order valence-corrected chi connectivity index (χ4v) is 1.80. The molecule has 0 aliphatic heterocycles. The Kier molecular flexibility index (Phi) is 3.13. The molecule has 1 heteroatoms. The number of nitrogens with zero attached hydrogens (tertiary/aromatic N) is 1. The fourth-order valence-electron chi connectivity index (χ4n) is 1.80. The number of rotatable bonds is 3. The van der Waals surface area contributed by atoms with Crippen molar-refractivity contribution >= 4 is 0 Å². The van der Waals surface area contributed by atoms with E-state index in [2.05, 4.69) is 42.2 Å². The van der Waals surface area contributed by atoms with Crippen molar-refractivity contribution in [2.75, 3.05) is 0 Å². The summed E-state index contributed by atoms with van der Waals surface area (Å²) in [5.41, 5.74) is 3.93. The maximum atomic E-state index is 4.19. The second-order valence-corrected chi connectivity index (χ2v) is 3.65. The molecule has 0 aliphatic rings. The topological polar surface area (TPSA) is 12.9 Å². The Morgan fingerprint density at radius 2 is 1.87 bits per heavy atom.